The molecule has 2 fully saturated rings. The van der Waals surface area contributed by atoms with E-state index in [9.17, 15) is 4.79 Å². The molecule has 1 aliphatic heterocycles. The predicted octanol–water partition coefficient (Wildman–Crippen LogP) is 2.83. The molecule has 2 heterocycles. The van der Waals surface area contributed by atoms with Crippen LogP contribution in [0, 0.1) is 0 Å². The summed E-state index contributed by atoms with van der Waals surface area (Å²) in [4.78, 5) is 20.0. The van der Waals surface area contributed by atoms with Crippen molar-refractivity contribution < 1.29 is 9.21 Å². The normalized spacial score (nSPS) is 17.6. The highest BCUT2D eigenvalue weighted by Gasteiger charge is 2.29. The highest BCUT2D eigenvalue weighted by atomic mass is 16.3. The van der Waals surface area contributed by atoms with Gasteiger partial charge in [-0.05, 0) is 37.1 Å². The number of rotatable bonds is 5. The number of piperazine rings is 1. The number of hydrogen-bond acceptors (Lipinski definition) is 5. The second-order valence-corrected chi connectivity index (χ2v) is 6.83. The Morgan fingerprint density at radius 3 is 2.56 bits per heavy atom. The third-order valence-corrected chi connectivity index (χ3v) is 5.04. The van der Waals surface area contributed by atoms with E-state index >= 15 is 0 Å². The smallest absolute Gasteiger partial charge is 0.219 e. The van der Waals surface area contributed by atoms with E-state index in [4.69, 9.17) is 4.42 Å². The van der Waals surface area contributed by atoms with Gasteiger partial charge in [-0.2, -0.15) is 0 Å². The summed E-state index contributed by atoms with van der Waals surface area (Å²) in [6, 6.07) is 8.47. The number of aromatic nitrogens is 1. The Bertz CT molecular complexity index is 728. The molecule has 1 saturated heterocycles. The van der Waals surface area contributed by atoms with Gasteiger partial charge in [-0.1, -0.05) is 0 Å². The second kappa shape index (κ2) is 6.78. The molecule has 0 spiro atoms. The van der Waals surface area contributed by atoms with Crippen LogP contribution in [-0.4, -0.2) is 42.0 Å². The maximum absolute atomic E-state index is 11.4. The summed E-state index contributed by atoms with van der Waals surface area (Å²) in [6.45, 7) is 5.70. The number of anilines is 2. The number of hydrogen-bond donors (Lipinski definition) is 1. The fourth-order valence-corrected chi connectivity index (χ4v) is 3.34. The third kappa shape index (κ3) is 3.62. The van der Waals surface area contributed by atoms with Gasteiger partial charge in [0.05, 0.1) is 6.54 Å². The van der Waals surface area contributed by atoms with Gasteiger partial charge in [0.1, 0.15) is 11.5 Å². The summed E-state index contributed by atoms with van der Waals surface area (Å²) < 4.78 is 5.52. The van der Waals surface area contributed by atoms with Gasteiger partial charge in [0.25, 0.3) is 0 Å². The van der Waals surface area contributed by atoms with Gasteiger partial charge in [-0.15, -0.1) is 0 Å². The van der Waals surface area contributed by atoms with Crippen molar-refractivity contribution in [2.45, 2.75) is 32.2 Å². The first kappa shape index (κ1) is 16.0. The topological polar surface area (TPSA) is 61.6 Å². The summed E-state index contributed by atoms with van der Waals surface area (Å²) in [5.74, 6) is 1.79. The molecule has 132 valence electrons. The first-order valence-electron chi connectivity index (χ1n) is 8.97. The van der Waals surface area contributed by atoms with Crippen molar-refractivity contribution in [1.82, 2.24) is 9.88 Å². The van der Waals surface area contributed by atoms with Crippen molar-refractivity contribution in [3.05, 3.63) is 42.1 Å². The molecule has 6 nitrogen and oxygen atoms in total. The minimum atomic E-state index is 0.164. The standard InChI is InChI=1S/C19H24N4O2/c1-14(24)22-8-10-23(11-9-22)17-6-4-16(5-7-17)20-12-18-19(15-2-3-15)25-13-21-18/h4-7,13,15,20H,2-3,8-12H2,1H3. The van der Waals surface area contributed by atoms with Crippen molar-refractivity contribution >= 4 is 17.3 Å². The Hall–Kier alpha value is -2.50. The molecular weight excluding hydrogens is 316 g/mol. The van der Waals surface area contributed by atoms with Gasteiger partial charge >= 0.3 is 0 Å². The van der Waals surface area contributed by atoms with Crippen LogP contribution in [0.2, 0.25) is 0 Å². The number of benzene rings is 1. The van der Waals surface area contributed by atoms with Crippen molar-refractivity contribution in [3.8, 4) is 0 Å². The molecular formula is C19H24N4O2. The zero-order chi connectivity index (χ0) is 17.2. The Kier molecular flexibility index (Phi) is 4.34. The lowest BCUT2D eigenvalue weighted by molar-refractivity contribution is -0.129. The first-order chi connectivity index (χ1) is 12.2. The zero-order valence-electron chi connectivity index (χ0n) is 14.6. The second-order valence-electron chi connectivity index (χ2n) is 6.83. The molecule has 1 N–H and O–H groups in total. The lowest BCUT2D eigenvalue weighted by Crippen LogP contribution is -2.48. The maximum atomic E-state index is 11.4. The molecule has 4 rings (SSSR count). The molecule has 6 heteroatoms. The molecule has 1 saturated carbocycles. The summed E-state index contributed by atoms with van der Waals surface area (Å²) >= 11 is 0. The molecule has 2 aliphatic rings. The number of carbonyl (C=O) groups is 1. The highest BCUT2D eigenvalue weighted by molar-refractivity contribution is 5.73. The van der Waals surface area contributed by atoms with E-state index in [1.54, 1.807) is 13.3 Å². The molecule has 0 unspecified atom stereocenters. The molecule has 25 heavy (non-hydrogen) atoms. The highest BCUT2D eigenvalue weighted by Crippen LogP contribution is 2.41. The summed E-state index contributed by atoms with van der Waals surface area (Å²) in [5, 5.41) is 3.43. The quantitative estimate of drug-likeness (QED) is 0.907. The summed E-state index contributed by atoms with van der Waals surface area (Å²) in [5.41, 5.74) is 3.30. The van der Waals surface area contributed by atoms with Gasteiger partial charge < -0.3 is 19.5 Å². The van der Waals surface area contributed by atoms with Gasteiger partial charge in [0.15, 0.2) is 6.39 Å². The molecule has 1 aromatic carbocycles. The monoisotopic (exact) mass is 340 g/mol. The molecule has 0 bridgehead atoms. The first-order valence-corrected chi connectivity index (χ1v) is 8.97. The van der Waals surface area contributed by atoms with Crippen molar-refractivity contribution in [1.29, 1.82) is 0 Å². The molecule has 1 aliphatic carbocycles. The van der Waals surface area contributed by atoms with E-state index in [1.165, 1.54) is 18.5 Å². The van der Waals surface area contributed by atoms with Gasteiger partial charge in [0.2, 0.25) is 5.91 Å². The van der Waals surface area contributed by atoms with Crippen LogP contribution in [0.3, 0.4) is 0 Å². The van der Waals surface area contributed by atoms with Crippen LogP contribution < -0.4 is 10.2 Å². The largest absolute Gasteiger partial charge is 0.448 e. The average molecular weight is 340 g/mol. The van der Waals surface area contributed by atoms with Crippen LogP contribution >= 0.6 is 0 Å². The van der Waals surface area contributed by atoms with E-state index in [0.717, 1.165) is 43.3 Å². The van der Waals surface area contributed by atoms with Crippen LogP contribution in [-0.2, 0) is 11.3 Å². The molecule has 0 atom stereocenters. The van der Waals surface area contributed by atoms with Crippen LogP contribution in [0.4, 0.5) is 11.4 Å². The SMILES string of the molecule is CC(=O)N1CCN(c2ccc(NCc3ncoc3C3CC3)cc2)CC1. The van der Waals surface area contributed by atoms with Crippen LogP contribution in [0.15, 0.2) is 35.1 Å². The van der Waals surface area contributed by atoms with Crippen LogP contribution in [0.5, 0.6) is 0 Å². The molecule has 1 amide bonds. The van der Waals surface area contributed by atoms with E-state index in [-0.39, 0.29) is 5.91 Å². The summed E-state index contributed by atoms with van der Waals surface area (Å²) in [7, 11) is 0. The van der Waals surface area contributed by atoms with Crippen molar-refractivity contribution in [2.75, 3.05) is 36.4 Å². The van der Waals surface area contributed by atoms with E-state index < -0.39 is 0 Å². The minimum absolute atomic E-state index is 0.164. The Labute approximate surface area is 147 Å². The third-order valence-electron chi connectivity index (χ3n) is 5.04. The summed E-state index contributed by atoms with van der Waals surface area (Å²) in [6.07, 6.45) is 3.98. The van der Waals surface area contributed by atoms with E-state index in [1.807, 2.05) is 4.90 Å². The number of carbonyl (C=O) groups excluding carboxylic acids is 1. The van der Waals surface area contributed by atoms with E-state index in [0.29, 0.717) is 12.5 Å². The Morgan fingerprint density at radius 2 is 1.92 bits per heavy atom. The van der Waals surface area contributed by atoms with Crippen LogP contribution in [0.1, 0.15) is 37.1 Å². The van der Waals surface area contributed by atoms with Gasteiger partial charge in [-0.3, -0.25) is 4.79 Å². The molecule has 2 aromatic rings. The number of amides is 1. The van der Waals surface area contributed by atoms with Gasteiger partial charge in [-0.25, -0.2) is 4.98 Å². The average Bonchev–Trinajstić information content (AvgIpc) is 3.38. The maximum Gasteiger partial charge on any atom is 0.219 e. The number of nitrogens with one attached hydrogen (secondary N) is 1. The minimum Gasteiger partial charge on any atom is -0.448 e. The lowest BCUT2D eigenvalue weighted by atomic mass is 10.2. The fraction of sp³-hybridized carbons (Fsp3) is 0.474. The predicted molar refractivity (Wildman–Crippen MR) is 96.7 cm³/mol. The van der Waals surface area contributed by atoms with Crippen molar-refractivity contribution in [3.63, 3.8) is 0 Å². The van der Waals surface area contributed by atoms with Crippen molar-refractivity contribution in [2.24, 2.45) is 0 Å². The number of oxazole rings is 1. The molecule has 1 aromatic heterocycles. The Morgan fingerprint density at radius 1 is 1.20 bits per heavy atom. The van der Waals surface area contributed by atoms with E-state index in [2.05, 4.69) is 39.5 Å². The fourth-order valence-electron chi connectivity index (χ4n) is 3.34. The zero-order valence-corrected chi connectivity index (χ0v) is 14.6. The molecule has 0 radical (unpaired) electrons. The van der Waals surface area contributed by atoms with Gasteiger partial charge in [0, 0.05) is 50.4 Å². The lowest BCUT2D eigenvalue weighted by Gasteiger charge is -2.35. The van der Waals surface area contributed by atoms with Crippen LogP contribution in [0.25, 0.3) is 0 Å². The Balaban J connectivity index is 1.33. The number of nitrogens with zero attached hydrogens (tertiary/aromatic N) is 3.